The van der Waals surface area contributed by atoms with Gasteiger partial charge in [-0.05, 0) is 55.3 Å². The standard InChI is InChI=1S/C42H45FN8O11/c1-24-30(20-28-27-19-25(43)5-6-29(27)47-39(28)56)45-21-31(24)46-35(53)22-49-11-13-50(14-12-49)37(55)9-15-60-17-18-61-16-10-44-36(54)23-62-33-4-2-3-26-38(33)42(59)51(41(26)58)32-7-8-34(52)48-40(32)57/h2-6,19-21,32,45H,7-18,22-23H2,1H3,(H,44,54)(H,46,53)(H,47,56)(H,48,52,57)/b28-20-. The maximum Gasteiger partial charge on any atom is 0.266 e. The van der Waals surface area contributed by atoms with Gasteiger partial charge in [0, 0.05) is 62.3 Å². The zero-order valence-corrected chi connectivity index (χ0v) is 33.8. The minimum atomic E-state index is -1.12. The average molecular weight is 857 g/mol. The molecule has 326 valence electrons. The normalized spacial score (nSPS) is 18.1. The predicted octanol–water partition coefficient (Wildman–Crippen LogP) is 1.06. The maximum atomic E-state index is 13.8. The molecule has 4 aliphatic heterocycles. The molecule has 1 unspecified atom stereocenters. The van der Waals surface area contributed by atoms with Crippen LogP contribution in [0.3, 0.4) is 0 Å². The summed E-state index contributed by atoms with van der Waals surface area (Å²) in [6, 6.07) is 7.35. The highest BCUT2D eigenvalue weighted by Gasteiger charge is 2.46. The number of benzene rings is 2. The number of imide groups is 2. The lowest BCUT2D eigenvalue weighted by molar-refractivity contribution is -0.137. The summed E-state index contributed by atoms with van der Waals surface area (Å²) in [6.45, 7) is 4.45. The number of aromatic nitrogens is 1. The van der Waals surface area contributed by atoms with Gasteiger partial charge in [0.1, 0.15) is 17.6 Å². The largest absolute Gasteiger partial charge is 0.483 e. The highest BCUT2D eigenvalue weighted by atomic mass is 19.1. The van der Waals surface area contributed by atoms with Crippen LogP contribution in [0.25, 0.3) is 11.6 Å². The van der Waals surface area contributed by atoms with Gasteiger partial charge < -0.3 is 40.0 Å². The minimum absolute atomic E-state index is 0.00822. The van der Waals surface area contributed by atoms with E-state index in [1.54, 1.807) is 24.1 Å². The summed E-state index contributed by atoms with van der Waals surface area (Å²) in [6.07, 6.45) is 3.46. The van der Waals surface area contributed by atoms with E-state index >= 15 is 0 Å². The van der Waals surface area contributed by atoms with Crippen LogP contribution < -0.4 is 26.0 Å². The van der Waals surface area contributed by atoms with Gasteiger partial charge in [0.05, 0.1) is 61.8 Å². The molecule has 2 saturated heterocycles. The number of nitrogens with one attached hydrogen (secondary N) is 5. The van der Waals surface area contributed by atoms with Crippen molar-refractivity contribution in [3.05, 3.63) is 76.4 Å². The number of aromatic amines is 1. The van der Waals surface area contributed by atoms with Crippen LogP contribution >= 0.6 is 0 Å². The summed E-state index contributed by atoms with van der Waals surface area (Å²) in [5.74, 6) is -4.19. The molecule has 4 aliphatic rings. The van der Waals surface area contributed by atoms with Crippen molar-refractivity contribution in [3.63, 3.8) is 0 Å². The zero-order valence-electron chi connectivity index (χ0n) is 33.8. The van der Waals surface area contributed by atoms with E-state index in [2.05, 4.69) is 26.3 Å². The van der Waals surface area contributed by atoms with Gasteiger partial charge in [0.15, 0.2) is 6.61 Å². The second-order valence-corrected chi connectivity index (χ2v) is 14.9. The summed E-state index contributed by atoms with van der Waals surface area (Å²) in [5.41, 5.74) is 3.19. The van der Waals surface area contributed by atoms with Crippen LogP contribution in [-0.2, 0) is 38.2 Å². The molecular weight excluding hydrogens is 812 g/mol. The van der Waals surface area contributed by atoms with Gasteiger partial charge in [0.25, 0.3) is 23.6 Å². The first-order valence-electron chi connectivity index (χ1n) is 20.1. The number of H-pyrrole nitrogens is 1. The smallest absolute Gasteiger partial charge is 0.266 e. The Morgan fingerprint density at radius 2 is 1.68 bits per heavy atom. The number of carbonyl (C=O) groups excluding carboxylic acids is 8. The zero-order chi connectivity index (χ0) is 43.9. The fraction of sp³-hybridized carbons (Fsp3) is 0.381. The molecule has 3 aromatic rings. The molecule has 20 heteroatoms. The second kappa shape index (κ2) is 19.3. The molecule has 0 bridgehead atoms. The van der Waals surface area contributed by atoms with E-state index in [9.17, 15) is 42.7 Å². The van der Waals surface area contributed by atoms with E-state index in [0.717, 1.165) is 10.5 Å². The van der Waals surface area contributed by atoms with Crippen LogP contribution in [0.2, 0.25) is 0 Å². The molecule has 2 fully saturated rings. The Balaban J connectivity index is 0.727. The Kier molecular flexibility index (Phi) is 13.5. The van der Waals surface area contributed by atoms with Gasteiger partial charge in [-0.3, -0.25) is 53.5 Å². The lowest BCUT2D eigenvalue weighted by Crippen LogP contribution is -2.54. The lowest BCUT2D eigenvalue weighted by Gasteiger charge is -2.34. The van der Waals surface area contributed by atoms with Crippen LogP contribution in [0, 0.1) is 12.7 Å². The van der Waals surface area contributed by atoms with Crippen molar-refractivity contribution < 1.29 is 57.0 Å². The Morgan fingerprint density at radius 1 is 0.903 bits per heavy atom. The molecule has 0 saturated carbocycles. The van der Waals surface area contributed by atoms with Gasteiger partial charge in [-0.1, -0.05) is 6.07 Å². The fourth-order valence-electron chi connectivity index (χ4n) is 7.49. The van der Waals surface area contributed by atoms with Crippen molar-refractivity contribution in [2.75, 3.05) is 82.9 Å². The summed E-state index contributed by atoms with van der Waals surface area (Å²) in [4.78, 5) is 108. The van der Waals surface area contributed by atoms with E-state index in [-0.39, 0.29) is 93.4 Å². The molecule has 8 amide bonds. The van der Waals surface area contributed by atoms with Crippen LogP contribution in [0.5, 0.6) is 5.75 Å². The van der Waals surface area contributed by atoms with Gasteiger partial charge in [-0.2, -0.15) is 0 Å². The number of carbonyl (C=O) groups is 8. The van der Waals surface area contributed by atoms with Crippen molar-refractivity contribution in [1.82, 2.24) is 30.3 Å². The van der Waals surface area contributed by atoms with Crippen LogP contribution in [-0.4, -0.2) is 145 Å². The first kappa shape index (κ1) is 43.3. The van der Waals surface area contributed by atoms with Crippen molar-refractivity contribution >= 4 is 70.3 Å². The third-order valence-electron chi connectivity index (χ3n) is 10.8. The van der Waals surface area contributed by atoms with Crippen molar-refractivity contribution in [2.45, 2.75) is 32.2 Å². The Hall–Kier alpha value is -6.77. The third-order valence-corrected chi connectivity index (χ3v) is 10.8. The molecule has 5 N–H and O–H groups in total. The summed E-state index contributed by atoms with van der Waals surface area (Å²) >= 11 is 0. The van der Waals surface area contributed by atoms with Gasteiger partial charge in [-0.25, -0.2) is 4.39 Å². The Bertz CT molecular complexity index is 2340. The SMILES string of the molecule is Cc1c(NC(=O)CN2CCN(C(=O)CCOCCOCCNC(=O)COc3cccc4c3C(=O)N(C3CCC(=O)NC3=O)C4=O)CC2)c[nH]c1/C=C1\C(=O)Nc2ccc(F)cc21. The number of hydrogen-bond acceptors (Lipinski definition) is 12. The van der Waals surface area contributed by atoms with Crippen molar-refractivity contribution in [3.8, 4) is 5.75 Å². The van der Waals surface area contributed by atoms with E-state index in [1.807, 2.05) is 4.90 Å². The molecule has 0 spiro atoms. The number of ether oxygens (including phenoxy) is 3. The summed E-state index contributed by atoms with van der Waals surface area (Å²) in [5, 5.41) is 10.4. The van der Waals surface area contributed by atoms with E-state index in [4.69, 9.17) is 14.2 Å². The molecule has 1 atom stereocenters. The number of hydrogen-bond donors (Lipinski definition) is 5. The fourth-order valence-corrected chi connectivity index (χ4v) is 7.49. The topological polar surface area (TPSA) is 238 Å². The number of piperazine rings is 1. The number of anilines is 2. The molecular formula is C42H45FN8O11. The first-order chi connectivity index (χ1) is 29.9. The Labute approximate surface area is 354 Å². The maximum absolute atomic E-state index is 13.8. The molecule has 62 heavy (non-hydrogen) atoms. The van der Waals surface area contributed by atoms with Gasteiger partial charge in [0.2, 0.25) is 23.6 Å². The highest BCUT2D eigenvalue weighted by molar-refractivity contribution is 6.35. The molecule has 0 aliphatic carbocycles. The quantitative estimate of drug-likeness (QED) is 0.0728. The van der Waals surface area contributed by atoms with Crippen molar-refractivity contribution in [2.24, 2.45) is 0 Å². The van der Waals surface area contributed by atoms with E-state index < -0.39 is 48.0 Å². The minimum Gasteiger partial charge on any atom is -0.483 e. The van der Waals surface area contributed by atoms with Gasteiger partial charge >= 0.3 is 0 Å². The molecule has 5 heterocycles. The van der Waals surface area contributed by atoms with E-state index in [0.29, 0.717) is 54.4 Å². The number of nitrogens with zero attached hydrogens (tertiary/aromatic N) is 3. The lowest BCUT2D eigenvalue weighted by atomic mass is 10.0. The number of halogens is 1. The van der Waals surface area contributed by atoms with Crippen LogP contribution in [0.4, 0.5) is 15.8 Å². The molecule has 1 aromatic heterocycles. The van der Waals surface area contributed by atoms with Crippen LogP contribution in [0.15, 0.2) is 42.6 Å². The number of piperidine rings is 1. The highest BCUT2D eigenvalue weighted by Crippen LogP contribution is 2.35. The monoisotopic (exact) mass is 856 g/mol. The second-order valence-electron chi connectivity index (χ2n) is 14.9. The molecule has 0 radical (unpaired) electrons. The Morgan fingerprint density at radius 3 is 2.45 bits per heavy atom. The number of fused-ring (bicyclic) bond motifs is 2. The number of rotatable bonds is 17. The summed E-state index contributed by atoms with van der Waals surface area (Å²) < 4.78 is 30.5. The van der Waals surface area contributed by atoms with E-state index in [1.165, 1.54) is 36.4 Å². The third kappa shape index (κ3) is 9.88. The van der Waals surface area contributed by atoms with Crippen molar-refractivity contribution in [1.29, 1.82) is 0 Å². The first-order valence-corrected chi connectivity index (χ1v) is 20.1. The molecule has 7 rings (SSSR count). The molecule has 2 aromatic carbocycles. The molecule has 19 nitrogen and oxygen atoms in total. The number of amides is 8. The average Bonchev–Trinajstić information content (AvgIpc) is 3.84. The van der Waals surface area contributed by atoms with Crippen LogP contribution in [0.1, 0.15) is 56.8 Å². The predicted molar refractivity (Wildman–Crippen MR) is 218 cm³/mol. The summed E-state index contributed by atoms with van der Waals surface area (Å²) in [7, 11) is 0. The van der Waals surface area contributed by atoms with Gasteiger partial charge in [-0.15, -0.1) is 0 Å².